The van der Waals surface area contributed by atoms with Gasteiger partial charge in [-0.1, -0.05) is 20.8 Å². The van der Waals surface area contributed by atoms with Crippen LogP contribution in [0.4, 0.5) is 5.95 Å². The van der Waals surface area contributed by atoms with E-state index in [1.807, 2.05) is 12.3 Å². The molecule has 152 valence electrons. The minimum atomic E-state index is -3.42. The van der Waals surface area contributed by atoms with Gasteiger partial charge in [0.15, 0.2) is 5.65 Å². The van der Waals surface area contributed by atoms with Crippen molar-refractivity contribution >= 4 is 21.6 Å². The molecule has 8 heteroatoms. The number of nitrogens with zero attached hydrogens (tertiary/aromatic N) is 3. The van der Waals surface area contributed by atoms with E-state index in [0.29, 0.717) is 22.9 Å². The van der Waals surface area contributed by atoms with Crippen LogP contribution >= 0.6 is 0 Å². The molecule has 0 aromatic carbocycles. The molecule has 3 fully saturated rings. The number of anilines is 1. The normalized spacial score (nSPS) is 31.4. The fraction of sp³-hybridized carbons (Fsp3) is 0.700. The van der Waals surface area contributed by atoms with Crippen molar-refractivity contribution in [1.82, 2.24) is 14.6 Å². The highest BCUT2D eigenvalue weighted by Gasteiger charge is 2.62. The Labute approximate surface area is 165 Å². The molecule has 2 heterocycles. The van der Waals surface area contributed by atoms with Crippen LogP contribution in [0.2, 0.25) is 0 Å². The van der Waals surface area contributed by atoms with Crippen molar-refractivity contribution in [1.29, 1.82) is 0 Å². The summed E-state index contributed by atoms with van der Waals surface area (Å²) in [5.74, 6) is 2.29. The lowest BCUT2D eigenvalue weighted by Crippen LogP contribution is -2.39. The third-order valence-corrected chi connectivity index (χ3v) is 8.37. The number of pyridine rings is 1. The second-order valence-corrected chi connectivity index (χ2v) is 11.5. The van der Waals surface area contributed by atoms with Crippen molar-refractivity contribution < 1.29 is 13.2 Å². The average Bonchev–Trinajstić information content (AvgIpc) is 3.30. The van der Waals surface area contributed by atoms with E-state index in [-0.39, 0.29) is 17.5 Å². The summed E-state index contributed by atoms with van der Waals surface area (Å²) in [4.78, 5) is 0. The molecule has 1 unspecified atom stereocenters. The SMILES string of the molecule is CC1(C)C2CC[C@@]1(C)[C@H](Oc1cc3nnc(NS(C)(=O)=O)n3cc1C1CC1)C2. The fourth-order valence-electron chi connectivity index (χ4n) is 5.43. The lowest BCUT2D eigenvalue weighted by atomic mass is 9.70. The van der Waals surface area contributed by atoms with Gasteiger partial charge >= 0.3 is 0 Å². The molecule has 0 spiro atoms. The van der Waals surface area contributed by atoms with Gasteiger partial charge in [-0.05, 0) is 49.4 Å². The van der Waals surface area contributed by atoms with Crippen LogP contribution in [-0.4, -0.2) is 35.4 Å². The van der Waals surface area contributed by atoms with Crippen molar-refractivity contribution in [2.45, 2.75) is 64.9 Å². The zero-order chi connectivity index (χ0) is 19.9. The standard InChI is InChI=1S/C20H28N4O3S/c1-19(2)13-7-8-20(19,3)16(9-13)27-15-10-17-21-22-18(23-28(4,25)26)24(17)11-14(15)12-5-6-12/h10-13,16H,5-9H2,1-4H3,(H,22,23)/t13?,16-,20+/m1/s1. The summed E-state index contributed by atoms with van der Waals surface area (Å²) in [6.07, 6.45) is 9.15. The van der Waals surface area contributed by atoms with Gasteiger partial charge in [-0.3, -0.25) is 9.12 Å². The highest BCUT2D eigenvalue weighted by Crippen LogP contribution is 2.66. The van der Waals surface area contributed by atoms with Crippen LogP contribution in [0, 0.1) is 16.7 Å². The van der Waals surface area contributed by atoms with Gasteiger partial charge in [-0.2, -0.15) is 0 Å². The number of ether oxygens (including phenoxy) is 1. The lowest BCUT2D eigenvalue weighted by molar-refractivity contribution is 0.0296. The highest BCUT2D eigenvalue weighted by atomic mass is 32.2. The van der Waals surface area contributed by atoms with E-state index in [1.54, 1.807) is 4.40 Å². The average molecular weight is 405 g/mol. The van der Waals surface area contributed by atoms with Crippen LogP contribution in [0.25, 0.3) is 5.65 Å². The number of hydrogen-bond acceptors (Lipinski definition) is 5. The Kier molecular flexibility index (Phi) is 3.65. The molecule has 0 aliphatic heterocycles. The first-order valence-electron chi connectivity index (χ1n) is 10.1. The van der Waals surface area contributed by atoms with E-state index in [9.17, 15) is 8.42 Å². The predicted octanol–water partition coefficient (Wildman–Crippen LogP) is 3.57. The topological polar surface area (TPSA) is 85.6 Å². The summed E-state index contributed by atoms with van der Waals surface area (Å²) in [5, 5.41) is 8.18. The van der Waals surface area contributed by atoms with Crippen LogP contribution in [-0.2, 0) is 10.0 Å². The predicted molar refractivity (Wildman–Crippen MR) is 107 cm³/mol. The molecule has 5 rings (SSSR count). The lowest BCUT2D eigenvalue weighted by Gasteiger charge is -2.39. The van der Waals surface area contributed by atoms with Crippen molar-refractivity contribution in [3.05, 3.63) is 17.8 Å². The van der Waals surface area contributed by atoms with Gasteiger partial charge in [0.05, 0.1) is 6.26 Å². The quantitative estimate of drug-likeness (QED) is 0.823. The summed E-state index contributed by atoms with van der Waals surface area (Å²) in [7, 11) is -3.42. The Bertz CT molecular complexity index is 1060. The van der Waals surface area contributed by atoms with Crippen LogP contribution < -0.4 is 9.46 Å². The zero-order valence-electron chi connectivity index (χ0n) is 16.9. The van der Waals surface area contributed by atoms with E-state index in [4.69, 9.17) is 4.74 Å². The smallest absolute Gasteiger partial charge is 0.242 e. The molecule has 3 aliphatic rings. The Morgan fingerprint density at radius 1 is 1.21 bits per heavy atom. The Morgan fingerprint density at radius 3 is 2.54 bits per heavy atom. The third-order valence-electron chi connectivity index (χ3n) is 7.81. The van der Waals surface area contributed by atoms with E-state index < -0.39 is 10.0 Å². The summed E-state index contributed by atoms with van der Waals surface area (Å²) in [5.41, 5.74) is 2.20. The maximum Gasteiger partial charge on any atom is 0.242 e. The number of hydrogen-bond donors (Lipinski definition) is 1. The van der Waals surface area contributed by atoms with Crippen molar-refractivity contribution in [3.63, 3.8) is 0 Å². The van der Waals surface area contributed by atoms with Gasteiger partial charge in [0.2, 0.25) is 16.0 Å². The van der Waals surface area contributed by atoms with Crippen LogP contribution in [0.5, 0.6) is 5.75 Å². The second kappa shape index (κ2) is 5.62. The maximum atomic E-state index is 11.6. The van der Waals surface area contributed by atoms with Crippen molar-refractivity contribution in [2.24, 2.45) is 16.7 Å². The van der Waals surface area contributed by atoms with Crippen LogP contribution in [0.15, 0.2) is 12.3 Å². The van der Waals surface area contributed by atoms with Gasteiger partial charge in [-0.25, -0.2) is 8.42 Å². The molecule has 0 radical (unpaired) electrons. The van der Waals surface area contributed by atoms with Crippen LogP contribution in [0.3, 0.4) is 0 Å². The first-order chi connectivity index (χ1) is 13.1. The van der Waals surface area contributed by atoms with E-state index in [1.165, 1.54) is 12.8 Å². The molecule has 1 N–H and O–H groups in total. The van der Waals surface area contributed by atoms with Gasteiger partial charge in [-0.15, -0.1) is 10.2 Å². The minimum Gasteiger partial charge on any atom is -0.489 e. The van der Waals surface area contributed by atoms with Gasteiger partial charge in [0.1, 0.15) is 11.9 Å². The summed E-state index contributed by atoms with van der Waals surface area (Å²) < 4.78 is 34.1. The zero-order valence-corrected chi connectivity index (χ0v) is 17.7. The van der Waals surface area contributed by atoms with Gasteiger partial charge < -0.3 is 4.74 Å². The Morgan fingerprint density at radius 2 is 1.96 bits per heavy atom. The van der Waals surface area contributed by atoms with Crippen molar-refractivity contribution in [3.8, 4) is 5.75 Å². The maximum absolute atomic E-state index is 11.6. The monoisotopic (exact) mass is 404 g/mol. The van der Waals surface area contributed by atoms with Gasteiger partial charge in [0.25, 0.3) is 0 Å². The second-order valence-electron chi connectivity index (χ2n) is 9.71. The molecule has 0 amide bonds. The van der Waals surface area contributed by atoms with E-state index in [0.717, 1.165) is 36.8 Å². The third kappa shape index (κ3) is 2.64. The number of nitrogens with one attached hydrogen (secondary N) is 1. The summed E-state index contributed by atoms with van der Waals surface area (Å²) in [6.45, 7) is 7.16. The van der Waals surface area contributed by atoms with E-state index >= 15 is 0 Å². The van der Waals surface area contributed by atoms with Gasteiger partial charge in [0, 0.05) is 23.2 Å². The molecule has 7 nitrogen and oxygen atoms in total. The number of fused-ring (bicyclic) bond motifs is 3. The van der Waals surface area contributed by atoms with E-state index in [2.05, 4.69) is 35.7 Å². The number of sulfonamides is 1. The molecular formula is C20H28N4O3S. The molecule has 28 heavy (non-hydrogen) atoms. The minimum absolute atomic E-state index is 0.182. The van der Waals surface area contributed by atoms with Crippen molar-refractivity contribution in [2.75, 3.05) is 11.0 Å². The molecule has 3 saturated carbocycles. The number of aromatic nitrogens is 3. The molecule has 3 aliphatic carbocycles. The Hall–Kier alpha value is -1.83. The number of rotatable bonds is 5. The highest BCUT2D eigenvalue weighted by molar-refractivity contribution is 7.91. The fourth-order valence-corrected chi connectivity index (χ4v) is 5.90. The first kappa shape index (κ1) is 18.2. The first-order valence-corrected chi connectivity index (χ1v) is 12.0. The molecule has 2 aromatic rings. The molecule has 0 saturated heterocycles. The summed E-state index contributed by atoms with van der Waals surface area (Å²) >= 11 is 0. The Balaban J connectivity index is 1.53. The molecular weight excluding hydrogens is 376 g/mol. The molecule has 3 atom stereocenters. The molecule has 2 bridgehead atoms. The van der Waals surface area contributed by atoms with Crippen LogP contribution in [0.1, 0.15) is 64.4 Å². The largest absolute Gasteiger partial charge is 0.489 e. The molecule has 2 aromatic heterocycles. The summed E-state index contributed by atoms with van der Waals surface area (Å²) in [6, 6.07) is 1.93.